The summed E-state index contributed by atoms with van der Waals surface area (Å²) in [6.45, 7) is 1.68. The van der Waals surface area contributed by atoms with Gasteiger partial charge in [0, 0.05) is 35.2 Å². The Bertz CT molecular complexity index is 1010. The summed E-state index contributed by atoms with van der Waals surface area (Å²) >= 11 is 1.49. The van der Waals surface area contributed by atoms with Crippen LogP contribution in [0.1, 0.15) is 11.1 Å². The van der Waals surface area contributed by atoms with Gasteiger partial charge in [0.1, 0.15) is 11.5 Å². The summed E-state index contributed by atoms with van der Waals surface area (Å²) in [6, 6.07) is 14.2. The maximum absolute atomic E-state index is 5.76. The molecule has 0 aliphatic heterocycles. The van der Waals surface area contributed by atoms with E-state index in [2.05, 4.69) is 39.7 Å². The highest BCUT2D eigenvalue weighted by atomic mass is 32.1. The molecule has 4 aromatic rings. The highest BCUT2D eigenvalue weighted by Crippen LogP contribution is 2.25. The minimum absolute atomic E-state index is 0.662. The number of methoxy groups -OCH3 is 1. The van der Waals surface area contributed by atoms with Crippen molar-refractivity contribution in [2.24, 2.45) is 0 Å². The van der Waals surface area contributed by atoms with E-state index in [1.165, 1.54) is 27.8 Å². The predicted octanol–water partition coefficient (Wildman–Crippen LogP) is 4.76. The second-order valence-corrected chi connectivity index (χ2v) is 7.06. The molecule has 0 spiro atoms. The van der Waals surface area contributed by atoms with Crippen LogP contribution in [0.5, 0.6) is 16.7 Å². The molecule has 0 fully saturated rings. The van der Waals surface area contributed by atoms with Gasteiger partial charge in [-0.25, -0.2) is 4.98 Å². The molecular weight excluding hydrogens is 358 g/mol. The van der Waals surface area contributed by atoms with E-state index in [0.717, 1.165) is 36.5 Å². The molecule has 2 heterocycles. The summed E-state index contributed by atoms with van der Waals surface area (Å²) in [4.78, 5) is 7.47. The Balaban J connectivity index is 1.32. The number of hydrogen-bond acceptors (Lipinski definition) is 5. The van der Waals surface area contributed by atoms with E-state index in [4.69, 9.17) is 9.47 Å². The number of fused-ring (bicyclic) bond motifs is 1. The molecule has 2 aromatic carbocycles. The number of benzene rings is 2. The first-order valence-electron chi connectivity index (χ1n) is 8.83. The highest BCUT2D eigenvalue weighted by molar-refractivity contribution is 7.11. The Labute approximate surface area is 162 Å². The fourth-order valence-electron chi connectivity index (χ4n) is 3.03. The molecule has 2 aromatic heterocycles. The standard InChI is InChI=1S/C21H21N3O2S/c1-25-17-5-6-20-19(12-17)16(14-24-20)7-8-22-13-15-3-2-4-18(11-15)26-21-23-9-10-27-21/h2-6,9-12,14,22,24H,7-8,13H2,1H3. The number of aromatic amines is 1. The lowest BCUT2D eigenvalue weighted by molar-refractivity contribution is 0.415. The van der Waals surface area contributed by atoms with Crippen LogP contribution in [0.15, 0.2) is 60.2 Å². The third-order valence-electron chi connectivity index (χ3n) is 4.39. The zero-order valence-electron chi connectivity index (χ0n) is 15.1. The van der Waals surface area contributed by atoms with Gasteiger partial charge in [-0.3, -0.25) is 0 Å². The quantitative estimate of drug-likeness (QED) is 0.434. The van der Waals surface area contributed by atoms with Crippen molar-refractivity contribution < 1.29 is 9.47 Å². The van der Waals surface area contributed by atoms with E-state index < -0.39 is 0 Å². The van der Waals surface area contributed by atoms with E-state index >= 15 is 0 Å². The Morgan fingerprint density at radius 3 is 2.96 bits per heavy atom. The largest absolute Gasteiger partial charge is 0.497 e. The van der Waals surface area contributed by atoms with Gasteiger partial charge in [-0.2, -0.15) is 0 Å². The Morgan fingerprint density at radius 2 is 2.11 bits per heavy atom. The lowest BCUT2D eigenvalue weighted by atomic mass is 10.1. The number of thiazole rings is 1. The zero-order chi connectivity index (χ0) is 18.5. The fraction of sp³-hybridized carbons (Fsp3) is 0.190. The van der Waals surface area contributed by atoms with Crippen LogP contribution in [-0.2, 0) is 13.0 Å². The Kier molecular flexibility index (Phi) is 5.37. The second-order valence-electron chi connectivity index (χ2n) is 6.20. The van der Waals surface area contributed by atoms with Gasteiger partial charge in [-0.1, -0.05) is 23.5 Å². The molecule has 0 unspecified atom stereocenters. The molecule has 138 valence electrons. The van der Waals surface area contributed by atoms with E-state index in [9.17, 15) is 0 Å². The number of nitrogens with zero attached hydrogens (tertiary/aromatic N) is 1. The molecule has 0 atom stereocenters. The van der Waals surface area contributed by atoms with Gasteiger partial charge >= 0.3 is 0 Å². The van der Waals surface area contributed by atoms with Gasteiger partial charge in [0.05, 0.1) is 7.11 Å². The molecule has 0 aliphatic carbocycles. The summed E-state index contributed by atoms with van der Waals surface area (Å²) in [7, 11) is 1.70. The summed E-state index contributed by atoms with van der Waals surface area (Å²) < 4.78 is 11.1. The van der Waals surface area contributed by atoms with Gasteiger partial charge in [0.25, 0.3) is 5.19 Å². The van der Waals surface area contributed by atoms with E-state index in [1.54, 1.807) is 13.3 Å². The van der Waals surface area contributed by atoms with E-state index in [-0.39, 0.29) is 0 Å². The normalized spacial score (nSPS) is 11.0. The summed E-state index contributed by atoms with van der Waals surface area (Å²) in [5.74, 6) is 1.70. The van der Waals surface area contributed by atoms with Crippen molar-refractivity contribution in [3.63, 3.8) is 0 Å². The second kappa shape index (κ2) is 8.24. The molecule has 2 N–H and O–H groups in total. The van der Waals surface area contributed by atoms with Crippen LogP contribution in [0.4, 0.5) is 0 Å². The third kappa shape index (κ3) is 4.30. The number of aromatic nitrogens is 2. The van der Waals surface area contributed by atoms with Crippen molar-refractivity contribution in [1.82, 2.24) is 15.3 Å². The maximum atomic E-state index is 5.76. The summed E-state index contributed by atoms with van der Waals surface area (Å²) in [5.41, 5.74) is 3.61. The van der Waals surface area contributed by atoms with Gasteiger partial charge in [-0.15, -0.1) is 0 Å². The minimum Gasteiger partial charge on any atom is -0.497 e. The molecule has 4 rings (SSSR count). The van der Waals surface area contributed by atoms with Crippen molar-refractivity contribution in [2.45, 2.75) is 13.0 Å². The lowest BCUT2D eigenvalue weighted by Gasteiger charge is -2.07. The smallest absolute Gasteiger partial charge is 0.278 e. The summed E-state index contributed by atoms with van der Waals surface area (Å²) in [6.07, 6.45) is 4.77. The van der Waals surface area contributed by atoms with Crippen LogP contribution in [0, 0.1) is 0 Å². The molecular formula is C21H21N3O2S. The van der Waals surface area contributed by atoms with Gasteiger partial charge in [0.15, 0.2) is 0 Å². The van der Waals surface area contributed by atoms with Crippen molar-refractivity contribution in [1.29, 1.82) is 0 Å². The van der Waals surface area contributed by atoms with Gasteiger partial charge in [-0.05, 0) is 54.4 Å². The topological polar surface area (TPSA) is 59.2 Å². The predicted molar refractivity (Wildman–Crippen MR) is 109 cm³/mol. The maximum Gasteiger partial charge on any atom is 0.278 e. The molecule has 6 heteroatoms. The van der Waals surface area contributed by atoms with Crippen LogP contribution in [0.25, 0.3) is 10.9 Å². The van der Waals surface area contributed by atoms with Crippen LogP contribution < -0.4 is 14.8 Å². The number of rotatable bonds is 8. The van der Waals surface area contributed by atoms with Crippen molar-refractivity contribution in [2.75, 3.05) is 13.7 Å². The lowest BCUT2D eigenvalue weighted by Crippen LogP contribution is -2.16. The van der Waals surface area contributed by atoms with Crippen LogP contribution in [0.3, 0.4) is 0 Å². The number of nitrogens with one attached hydrogen (secondary N) is 2. The average molecular weight is 379 g/mol. The molecule has 27 heavy (non-hydrogen) atoms. The third-order valence-corrected chi connectivity index (χ3v) is 5.04. The summed E-state index contributed by atoms with van der Waals surface area (Å²) in [5, 5.41) is 7.29. The average Bonchev–Trinajstić information content (AvgIpc) is 3.35. The van der Waals surface area contributed by atoms with Crippen LogP contribution >= 0.6 is 11.3 Å². The fourth-order valence-corrected chi connectivity index (χ4v) is 3.53. The first-order valence-corrected chi connectivity index (χ1v) is 9.71. The van der Waals surface area contributed by atoms with Crippen LogP contribution in [-0.4, -0.2) is 23.6 Å². The molecule has 0 bridgehead atoms. The Morgan fingerprint density at radius 1 is 1.15 bits per heavy atom. The first kappa shape index (κ1) is 17.6. The van der Waals surface area contributed by atoms with E-state index in [0.29, 0.717) is 5.19 Å². The first-order chi connectivity index (χ1) is 13.3. The Hall–Kier alpha value is -2.83. The van der Waals surface area contributed by atoms with Crippen molar-refractivity contribution in [3.8, 4) is 16.7 Å². The zero-order valence-corrected chi connectivity index (χ0v) is 15.9. The van der Waals surface area contributed by atoms with Gasteiger partial charge < -0.3 is 19.8 Å². The highest BCUT2D eigenvalue weighted by Gasteiger charge is 2.05. The molecule has 0 saturated heterocycles. The minimum atomic E-state index is 0.662. The monoisotopic (exact) mass is 379 g/mol. The molecule has 5 nitrogen and oxygen atoms in total. The number of ether oxygens (including phenoxy) is 2. The number of H-pyrrole nitrogens is 1. The SMILES string of the molecule is COc1ccc2[nH]cc(CCNCc3cccc(Oc4nccs4)c3)c2c1. The van der Waals surface area contributed by atoms with Crippen molar-refractivity contribution >= 4 is 22.2 Å². The van der Waals surface area contributed by atoms with Crippen LogP contribution in [0.2, 0.25) is 0 Å². The molecule has 0 saturated carbocycles. The van der Waals surface area contributed by atoms with Crippen molar-refractivity contribution in [3.05, 3.63) is 71.4 Å². The molecule has 0 radical (unpaired) electrons. The molecule has 0 aliphatic rings. The van der Waals surface area contributed by atoms with E-state index in [1.807, 2.05) is 29.6 Å². The van der Waals surface area contributed by atoms with Gasteiger partial charge in [0.2, 0.25) is 0 Å². The number of hydrogen-bond donors (Lipinski definition) is 2. The molecule has 0 amide bonds.